The fourth-order valence-corrected chi connectivity index (χ4v) is 3.26. The fraction of sp³-hybridized carbons (Fsp3) is 0.235. The minimum absolute atomic E-state index is 0.00971. The van der Waals surface area contributed by atoms with Crippen LogP contribution < -0.4 is 14.8 Å². The predicted molar refractivity (Wildman–Crippen MR) is 91.6 cm³/mol. The second kappa shape index (κ2) is 7.46. The Morgan fingerprint density at radius 1 is 1.17 bits per heavy atom. The maximum Gasteiger partial charge on any atom is 0.254 e. The van der Waals surface area contributed by atoms with Gasteiger partial charge in [-0.3, -0.25) is 4.79 Å². The number of rotatable bonds is 6. The van der Waals surface area contributed by atoms with E-state index in [1.807, 2.05) is 31.2 Å². The van der Waals surface area contributed by atoms with Gasteiger partial charge in [0.2, 0.25) is 10.0 Å². The van der Waals surface area contributed by atoms with E-state index in [-0.39, 0.29) is 17.0 Å². The van der Waals surface area contributed by atoms with Gasteiger partial charge in [-0.25, -0.2) is 13.1 Å². The summed E-state index contributed by atoms with van der Waals surface area (Å²) in [5, 5.41) is 2.47. The molecule has 0 aromatic heterocycles. The molecular weight excluding hydrogens is 328 g/mol. The number of amides is 1. The summed E-state index contributed by atoms with van der Waals surface area (Å²) in [5.41, 5.74) is 2.06. The van der Waals surface area contributed by atoms with Gasteiger partial charge in [-0.05, 0) is 36.2 Å². The molecule has 0 spiro atoms. The largest absolute Gasteiger partial charge is 0.496 e. The molecule has 0 aliphatic rings. The average molecular weight is 348 g/mol. The summed E-state index contributed by atoms with van der Waals surface area (Å²) in [5.74, 6) is -0.102. The molecule has 0 saturated heterocycles. The first kappa shape index (κ1) is 18.0. The van der Waals surface area contributed by atoms with Gasteiger partial charge in [-0.15, -0.1) is 0 Å². The summed E-state index contributed by atoms with van der Waals surface area (Å²) in [6, 6.07) is 11.7. The first-order chi connectivity index (χ1) is 11.4. The number of methoxy groups -OCH3 is 1. The number of hydrogen-bond donors (Lipinski definition) is 2. The quantitative estimate of drug-likeness (QED) is 0.834. The molecule has 2 rings (SSSR count). The summed E-state index contributed by atoms with van der Waals surface area (Å²) in [6.45, 7) is 2.09. The second-order valence-corrected chi connectivity index (χ2v) is 6.96. The zero-order valence-electron chi connectivity index (χ0n) is 13.8. The van der Waals surface area contributed by atoms with Gasteiger partial charge in [0, 0.05) is 13.6 Å². The molecule has 2 aromatic carbocycles. The highest BCUT2D eigenvalue weighted by molar-refractivity contribution is 7.89. The normalized spacial score (nSPS) is 11.1. The van der Waals surface area contributed by atoms with Crippen molar-refractivity contribution in [3.05, 3.63) is 59.2 Å². The lowest BCUT2D eigenvalue weighted by Gasteiger charge is -2.12. The Morgan fingerprint density at radius 3 is 2.50 bits per heavy atom. The molecule has 128 valence electrons. The lowest BCUT2D eigenvalue weighted by atomic mass is 10.1. The van der Waals surface area contributed by atoms with Crippen molar-refractivity contribution in [2.45, 2.75) is 18.4 Å². The van der Waals surface area contributed by atoms with Crippen LogP contribution in [0.5, 0.6) is 5.75 Å². The lowest BCUT2D eigenvalue weighted by Crippen LogP contribution is -2.25. The number of ether oxygens (including phenoxy) is 1. The molecule has 1 amide bonds. The van der Waals surface area contributed by atoms with E-state index < -0.39 is 15.9 Å². The number of benzene rings is 2. The van der Waals surface area contributed by atoms with E-state index >= 15 is 0 Å². The first-order valence-electron chi connectivity index (χ1n) is 7.33. The van der Waals surface area contributed by atoms with Crippen molar-refractivity contribution in [2.75, 3.05) is 14.2 Å². The zero-order chi connectivity index (χ0) is 17.7. The van der Waals surface area contributed by atoms with E-state index in [0.717, 1.165) is 11.1 Å². The van der Waals surface area contributed by atoms with E-state index in [1.54, 1.807) is 0 Å². The number of carbonyl (C=O) groups is 1. The van der Waals surface area contributed by atoms with Crippen LogP contribution in [0.3, 0.4) is 0 Å². The van der Waals surface area contributed by atoms with Crippen LogP contribution in [-0.4, -0.2) is 28.5 Å². The Labute approximate surface area is 141 Å². The van der Waals surface area contributed by atoms with E-state index in [0.29, 0.717) is 5.75 Å². The van der Waals surface area contributed by atoms with Crippen LogP contribution in [0.2, 0.25) is 0 Å². The zero-order valence-corrected chi connectivity index (χ0v) is 14.6. The van der Waals surface area contributed by atoms with Gasteiger partial charge < -0.3 is 10.1 Å². The highest BCUT2D eigenvalue weighted by Gasteiger charge is 2.19. The maximum atomic E-state index is 12.5. The van der Waals surface area contributed by atoms with Crippen molar-refractivity contribution in [3.63, 3.8) is 0 Å². The van der Waals surface area contributed by atoms with Crippen molar-refractivity contribution >= 4 is 15.9 Å². The van der Waals surface area contributed by atoms with Gasteiger partial charge in [0.15, 0.2) is 0 Å². The molecule has 6 nitrogen and oxygen atoms in total. The van der Waals surface area contributed by atoms with Crippen LogP contribution in [-0.2, 0) is 16.6 Å². The number of carbonyl (C=O) groups excluding carboxylic acids is 1. The highest BCUT2D eigenvalue weighted by Crippen LogP contribution is 2.22. The van der Waals surface area contributed by atoms with E-state index in [1.165, 1.54) is 32.4 Å². The standard InChI is InChI=1S/C17H20N2O4S/c1-12-6-4-5-7-13(12)11-19-24(21,22)14-8-9-16(23-3)15(10-14)17(20)18-2/h4-10,19H,11H2,1-3H3,(H,18,20). The molecule has 0 atom stereocenters. The topological polar surface area (TPSA) is 84.5 Å². The van der Waals surface area contributed by atoms with Gasteiger partial charge in [-0.1, -0.05) is 24.3 Å². The lowest BCUT2D eigenvalue weighted by molar-refractivity contribution is 0.0960. The summed E-state index contributed by atoms with van der Waals surface area (Å²) in [7, 11) is -0.855. The smallest absolute Gasteiger partial charge is 0.254 e. The molecule has 0 saturated carbocycles. The Hall–Kier alpha value is -2.38. The predicted octanol–water partition coefficient (Wildman–Crippen LogP) is 1.84. The fourth-order valence-electron chi connectivity index (χ4n) is 2.23. The molecule has 0 unspecified atom stereocenters. The van der Waals surface area contributed by atoms with Crippen LogP contribution in [0.15, 0.2) is 47.4 Å². The molecule has 2 N–H and O–H groups in total. The third-order valence-electron chi connectivity index (χ3n) is 3.67. The van der Waals surface area contributed by atoms with E-state index in [2.05, 4.69) is 10.0 Å². The molecule has 7 heteroatoms. The summed E-state index contributed by atoms with van der Waals surface area (Å²) in [6.07, 6.45) is 0. The molecular formula is C17H20N2O4S. The van der Waals surface area contributed by atoms with Gasteiger partial charge in [0.25, 0.3) is 5.91 Å². The maximum absolute atomic E-state index is 12.5. The molecule has 0 heterocycles. The van der Waals surface area contributed by atoms with Crippen LogP contribution >= 0.6 is 0 Å². The Kier molecular flexibility index (Phi) is 5.58. The van der Waals surface area contributed by atoms with Crippen LogP contribution in [0, 0.1) is 6.92 Å². The molecule has 0 aliphatic heterocycles. The van der Waals surface area contributed by atoms with Gasteiger partial charge in [0.1, 0.15) is 5.75 Å². The number of hydrogen-bond acceptors (Lipinski definition) is 4. The molecule has 2 aromatic rings. The minimum Gasteiger partial charge on any atom is -0.496 e. The molecule has 0 aliphatic carbocycles. The van der Waals surface area contributed by atoms with E-state index in [4.69, 9.17) is 4.74 Å². The van der Waals surface area contributed by atoms with Crippen LogP contribution in [0.4, 0.5) is 0 Å². The summed E-state index contributed by atoms with van der Waals surface area (Å²) >= 11 is 0. The Balaban J connectivity index is 2.29. The van der Waals surface area contributed by atoms with Gasteiger partial charge in [0.05, 0.1) is 17.6 Å². The van der Waals surface area contributed by atoms with Crippen molar-refractivity contribution in [3.8, 4) is 5.75 Å². The molecule has 0 bridgehead atoms. The number of sulfonamides is 1. The third-order valence-corrected chi connectivity index (χ3v) is 5.07. The second-order valence-electron chi connectivity index (χ2n) is 5.19. The van der Waals surface area contributed by atoms with Crippen molar-refractivity contribution in [1.29, 1.82) is 0 Å². The molecule has 0 radical (unpaired) electrons. The Bertz CT molecular complexity index is 847. The number of aryl methyl sites for hydroxylation is 1. The van der Waals surface area contributed by atoms with Crippen LogP contribution in [0.1, 0.15) is 21.5 Å². The highest BCUT2D eigenvalue weighted by atomic mass is 32.2. The summed E-state index contributed by atoms with van der Waals surface area (Å²) in [4.78, 5) is 11.9. The molecule has 0 fully saturated rings. The molecule has 24 heavy (non-hydrogen) atoms. The van der Waals surface area contributed by atoms with E-state index in [9.17, 15) is 13.2 Å². The number of nitrogens with one attached hydrogen (secondary N) is 2. The monoisotopic (exact) mass is 348 g/mol. The third kappa shape index (κ3) is 3.93. The SMILES string of the molecule is CNC(=O)c1cc(S(=O)(=O)NCc2ccccc2C)ccc1OC. The van der Waals surface area contributed by atoms with Crippen molar-refractivity contribution < 1.29 is 17.9 Å². The average Bonchev–Trinajstić information content (AvgIpc) is 2.59. The van der Waals surface area contributed by atoms with Gasteiger partial charge >= 0.3 is 0 Å². The minimum atomic E-state index is -3.75. The van der Waals surface area contributed by atoms with Crippen LogP contribution in [0.25, 0.3) is 0 Å². The summed E-state index contributed by atoms with van der Waals surface area (Å²) < 4.78 is 32.7. The first-order valence-corrected chi connectivity index (χ1v) is 8.81. The Morgan fingerprint density at radius 2 is 1.88 bits per heavy atom. The van der Waals surface area contributed by atoms with Crippen molar-refractivity contribution in [2.24, 2.45) is 0 Å². The van der Waals surface area contributed by atoms with Gasteiger partial charge in [-0.2, -0.15) is 0 Å². The van der Waals surface area contributed by atoms with Crippen molar-refractivity contribution in [1.82, 2.24) is 10.0 Å².